The van der Waals surface area contributed by atoms with Crippen LogP contribution in [0.15, 0.2) is 0 Å². The van der Waals surface area contributed by atoms with E-state index in [1.54, 1.807) is 0 Å². The van der Waals surface area contributed by atoms with Crippen LogP contribution in [-0.2, 0) is 4.79 Å². The van der Waals surface area contributed by atoms with E-state index in [0.29, 0.717) is 18.9 Å². The van der Waals surface area contributed by atoms with E-state index in [1.807, 2.05) is 6.92 Å². The predicted molar refractivity (Wildman–Crippen MR) is 71.6 cm³/mol. The number of amides is 2. The lowest BCUT2D eigenvalue weighted by Gasteiger charge is -2.14. The molecule has 0 aliphatic heterocycles. The van der Waals surface area contributed by atoms with Crippen LogP contribution in [0.2, 0.25) is 0 Å². The molecule has 0 spiro atoms. The summed E-state index contributed by atoms with van der Waals surface area (Å²) in [6.45, 7) is 6.82. The highest BCUT2D eigenvalue weighted by Gasteiger charge is 2.18. The Morgan fingerprint density at radius 2 is 1.83 bits per heavy atom. The molecule has 0 heterocycles. The van der Waals surface area contributed by atoms with Gasteiger partial charge in [-0.1, -0.05) is 40.0 Å². The standard InChI is InChI=1S/C13H26N2O3/c1-4-7-11(12(16)17)15-13(18)14-9-6-5-8-10(2)3/h10-11H,4-9H2,1-3H3,(H,16,17)(H2,14,15,18)/t11-/m0/s1. The number of rotatable bonds is 9. The van der Waals surface area contributed by atoms with Crippen molar-refractivity contribution in [2.24, 2.45) is 5.92 Å². The van der Waals surface area contributed by atoms with E-state index in [0.717, 1.165) is 25.7 Å². The van der Waals surface area contributed by atoms with E-state index in [1.165, 1.54) is 0 Å². The highest BCUT2D eigenvalue weighted by Crippen LogP contribution is 2.05. The number of carbonyl (C=O) groups is 2. The average molecular weight is 258 g/mol. The van der Waals surface area contributed by atoms with Crippen LogP contribution in [0.25, 0.3) is 0 Å². The van der Waals surface area contributed by atoms with Crippen molar-refractivity contribution in [1.82, 2.24) is 10.6 Å². The highest BCUT2D eigenvalue weighted by molar-refractivity contribution is 5.82. The second kappa shape index (κ2) is 9.74. The van der Waals surface area contributed by atoms with E-state index < -0.39 is 12.0 Å². The van der Waals surface area contributed by atoms with Gasteiger partial charge in [0.2, 0.25) is 0 Å². The van der Waals surface area contributed by atoms with Gasteiger partial charge in [0.1, 0.15) is 6.04 Å². The van der Waals surface area contributed by atoms with E-state index in [2.05, 4.69) is 24.5 Å². The van der Waals surface area contributed by atoms with E-state index in [-0.39, 0.29) is 6.03 Å². The molecule has 0 rings (SSSR count). The van der Waals surface area contributed by atoms with Crippen molar-refractivity contribution in [1.29, 1.82) is 0 Å². The van der Waals surface area contributed by atoms with Gasteiger partial charge in [-0.05, 0) is 18.8 Å². The van der Waals surface area contributed by atoms with Gasteiger partial charge in [0.25, 0.3) is 0 Å². The third-order valence-electron chi connectivity index (χ3n) is 2.67. The fourth-order valence-electron chi connectivity index (χ4n) is 1.63. The maximum absolute atomic E-state index is 11.4. The second-order valence-corrected chi connectivity index (χ2v) is 4.97. The Hall–Kier alpha value is -1.26. The molecule has 0 aliphatic carbocycles. The third kappa shape index (κ3) is 8.84. The van der Waals surface area contributed by atoms with Crippen LogP contribution in [0.3, 0.4) is 0 Å². The minimum absolute atomic E-state index is 0.389. The molecule has 0 radical (unpaired) electrons. The molecular weight excluding hydrogens is 232 g/mol. The molecule has 1 atom stereocenters. The van der Waals surface area contributed by atoms with Crippen LogP contribution in [0.1, 0.15) is 52.9 Å². The SMILES string of the molecule is CCC[C@H](NC(=O)NCCCCC(C)C)C(=O)O. The fourth-order valence-corrected chi connectivity index (χ4v) is 1.63. The number of nitrogens with one attached hydrogen (secondary N) is 2. The lowest BCUT2D eigenvalue weighted by molar-refractivity contribution is -0.139. The molecule has 5 nitrogen and oxygen atoms in total. The molecule has 0 aromatic heterocycles. The van der Waals surface area contributed by atoms with Crippen LogP contribution in [-0.4, -0.2) is 29.7 Å². The Labute approximate surface area is 109 Å². The molecule has 0 aromatic rings. The maximum atomic E-state index is 11.4. The summed E-state index contributed by atoms with van der Waals surface area (Å²) in [6.07, 6.45) is 4.34. The lowest BCUT2D eigenvalue weighted by atomic mass is 10.1. The summed E-state index contributed by atoms with van der Waals surface area (Å²) in [5.41, 5.74) is 0. The smallest absolute Gasteiger partial charge is 0.326 e. The predicted octanol–water partition coefficient (Wildman–Crippen LogP) is 2.37. The summed E-state index contributed by atoms with van der Waals surface area (Å²) in [6, 6.07) is -1.17. The van der Waals surface area contributed by atoms with Crippen molar-refractivity contribution in [3.8, 4) is 0 Å². The summed E-state index contributed by atoms with van der Waals surface area (Å²) < 4.78 is 0. The van der Waals surface area contributed by atoms with Gasteiger partial charge in [-0.2, -0.15) is 0 Å². The molecule has 0 saturated carbocycles. The molecule has 0 fully saturated rings. The zero-order chi connectivity index (χ0) is 14.0. The van der Waals surface area contributed by atoms with Gasteiger partial charge in [-0.15, -0.1) is 0 Å². The normalized spacial score (nSPS) is 12.2. The first kappa shape index (κ1) is 16.7. The first-order valence-corrected chi connectivity index (χ1v) is 6.74. The molecular formula is C13H26N2O3. The Balaban J connectivity index is 3.71. The molecule has 106 valence electrons. The van der Waals surface area contributed by atoms with Crippen molar-refractivity contribution in [2.75, 3.05) is 6.54 Å². The second-order valence-electron chi connectivity index (χ2n) is 4.97. The summed E-state index contributed by atoms with van der Waals surface area (Å²) in [4.78, 5) is 22.3. The number of carboxylic acids is 1. The Kier molecular flexibility index (Phi) is 9.06. The Bertz CT molecular complexity index is 255. The number of carbonyl (C=O) groups excluding carboxylic acids is 1. The zero-order valence-corrected chi connectivity index (χ0v) is 11.7. The van der Waals surface area contributed by atoms with Crippen LogP contribution < -0.4 is 10.6 Å². The topological polar surface area (TPSA) is 78.4 Å². The van der Waals surface area contributed by atoms with E-state index in [9.17, 15) is 9.59 Å². The Morgan fingerprint density at radius 3 is 2.33 bits per heavy atom. The first-order chi connectivity index (χ1) is 8.47. The maximum Gasteiger partial charge on any atom is 0.326 e. The molecule has 3 N–H and O–H groups in total. The van der Waals surface area contributed by atoms with Crippen molar-refractivity contribution < 1.29 is 14.7 Å². The van der Waals surface area contributed by atoms with Gasteiger partial charge in [-0.25, -0.2) is 9.59 Å². The Morgan fingerprint density at radius 1 is 1.17 bits per heavy atom. The zero-order valence-electron chi connectivity index (χ0n) is 11.7. The number of hydrogen-bond acceptors (Lipinski definition) is 2. The average Bonchev–Trinajstić information content (AvgIpc) is 2.27. The van der Waals surface area contributed by atoms with E-state index >= 15 is 0 Å². The van der Waals surface area contributed by atoms with Gasteiger partial charge in [0.15, 0.2) is 0 Å². The summed E-state index contributed by atoms with van der Waals surface area (Å²) in [5.74, 6) is -0.299. The summed E-state index contributed by atoms with van der Waals surface area (Å²) >= 11 is 0. The fraction of sp³-hybridized carbons (Fsp3) is 0.846. The monoisotopic (exact) mass is 258 g/mol. The van der Waals surface area contributed by atoms with Crippen molar-refractivity contribution in [3.05, 3.63) is 0 Å². The van der Waals surface area contributed by atoms with Crippen LogP contribution in [0.5, 0.6) is 0 Å². The van der Waals surface area contributed by atoms with Crippen molar-refractivity contribution in [2.45, 2.75) is 58.9 Å². The number of urea groups is 1. The van der Waals surface area contributed by atoms with Gasteiger partial charge < -0.3 is 15.7 Å². The number of carboxylic acid groups (broad SMARTS) is 1. The van der Waals surface area contributed by atoms with Gasteiger partial charge in [-0.3, -0.25) is 0 Å². The summed E-state index contributed by atoms with van der Waals surface area (Å²) in [5, 5.41) is 14.0. The molecule has 0 aromatic carbocycles. The quantitative estimate of drug-likeness (QED) is 0.555. The largest absolute Gasteiger partial charge is 0.480 e. The molecule has 5 heteroatoms. The summed E-state index contributed by atoms with van der Waals surface area (Å²) in [7, 11) is 0. The lowest BCUT2D eigenvalue weighted by Crippen LogP contribution is -2.46. The molecule has 2 amide bonds. The highest BCUT2D eigenvalue weighted by atomic mass is 16.4. The van der Waals surface area contributed by atoms with Gasteiger partial charge in [0.05, 0.1) is 0 Å². The minimum atomic E-state index is -0.980. The third-order valence-corrected chi connectivity index (χ3v) is 2.67. The van der Waals surface area contributed by atoms with Gasteiger partial charge in [0, 0.05) is 6.54 Å². The van der Waals surface area contributed by atoms with Gasteiger partial charge >= 0.3 is 12.0 Å². The van der Waals surface area contributed by atoms with E-state index in [4.69, 9.17) is 5.11 Å². The van der Waals surface area contributed by atoms with Crippen molar-refractivity contribution >= 4 is 12.0 Å². The molecule has 18 heavy (non-hydrogen) atoms. The molecule has 0 aliphatic rings. The number of unbranched alkanes of at least 4 members (excludes halogenated alkanes) is 1. The molecule has 0 bridgehead atoms. The minimum Gasteiger partial charge on any atom is -0.480 e. The number of aliphatic carboxylic acids is 1. The number of hydrogen-bond donors (Lipinski definition) is 3. The van der Waals surface area contributed by atoms with Crippen LogP contribution >= 0.6 is 0 Å². The first-order valence-electron chi connectivity index (χ1n) is 6.74. The molecule has 0 unspecified atom stereocenters. The van der Waals surface area contributed by atoms with Crippen molar-refractivity contribution in [3.63, 3.8) is 0 Å². The van der Waals surface area contributed by atoms with Crippen LogP contribution in [0, 0.1) is 5.92 Å². The molecule has 0 saturated heterocycles. The van der Waals surface area contributed by atoms with Crippen LogP contribution in [0.4, 0.5) is 4.79 Å².